The van der Waals surface area contributed by atoms with E-state index in [1.165, 1.54) is 24.2 Å². The number of hydrogen-bond donors (Lipinski definition) is 2. The van der Waals surface area contributed by atoms with Gasteiger partial charge < -0.3 is 20.7 Å². The molecule has 6 heteroatoms. The molecule has 1 amide bonds. The van der Waals surface area contributed by atoms with Crippen LogP contribution in [0, 0.1) is 0 Å². The van der Waals surface area contributed by atoms with Crippen LogP contribution in [0.1, 0.15) is 35.9 Å². The number of anilines is 2. The van der Waals surface area contributed by atoms with Crippen molar-refractivity contribution < 1.29 is 9.53 Å². The Labute approximate surface area is 117 Å². The maximum absolute atomic E-state index is 12.1. The maximum atomic E-state index is 12.1. The first kappa shape index (κ1) is 14.0. The lowest BCUT2D eigenvalue weighted by Crippen LogP contribution is -2.23. The first-order valence-corrected chi connectivity index (χ1v) is 7.50. The van der Waals surface area contributed by atoms with Gasteiger partial charge in [-0.3, -0.25) is 4.79 Å². The maximum Gasteiger partial charge on any atom is 0.263 e. The van der Waals surface area contributed by atoms with Crippen molar-refractivity contribution in [2.45, 2.75) is 26.2 Å². The molecule has 5 nitrogen and oxygen atoms in total. The monoisotopic (exact) mass is 283 g/mol. The Hall–Kier alpha value is -1.43. The van der Waals surface area contributed by atoms with Gasteiger partial charge in [-0.1, -0.05) is 6.92 Å². The number of hydrogen-bond acceptors (Lipinski definition) is 5. The van der Waals surface area contributed by atoms with Gasteiger partial charge in [-0.15, -0.1) is 11.3 Å². The number of methoxy groups -OCH3 is 1. The Balaban J connectivity index is 2.27. The summed E-state index contributed by atoms with van der Waals surface area (Å²) in [4.78, 5) is 14.9. The predicted octanol–water partition coefficient (Wildman–Crippen LogP) is 2.08. The highest BCUT2D eigenvalue weighted by atomic mass is 32.1. The van der Waals surface area contributed by atoms with E-state index in [0.717, 1.165) is 24.5 Å². The van der Waals surface area contributed by atoms with Gasteiger partial charge in [0.05, 0.1) is 7.11 Å². The summed E-state index contributed by atoms with van der Waals surface area (Å²) in [5, 5.41) is 3.85. The smallest absolute Gasteiger partial charge is 0.263 e. The molecule has 19 heavy (non-hydrogen) atoms. The van der Waals surface area contributed by atoms with Crippen molar-refractivity contribution in [1.29, 1.82) is 0 Å². The third-order valence-electron chi connectivity index (χ3n) is 3.22. The molecule has 2 rings (SSSR count). The summed E-state index contributed by atoms with van der Waals surface area (Å²) >= 11 is 1.43. The lowest BCUT2D eigenvalue weighted by Gasteiger charge is -2.16. The van der Waals surface area contributed by atoms with Gasteiger partial charge in [0.1, 0.15) is 15.6 Å². The highest BCUT2D eigenvalue weighted by Crippen LogP contribution is 2.45. The third kappa shape index (κ3) is 2.78. The predicted molar refractivity (Wildman–Crippen MR) is 79.4 cm³/mol. The number of nitrogens with one attached hydrogen (secondary N) is 1. The van der Waals surface area contributed by atoms with E-state index >= 15 is 0 Å². The number of thiophene rings is 1. The van der Waals surface area contributed by atoms with E-state index < -0.39 is 0 Å². The molecule has 3 N–H and O–H groups in total. The molecule has 1 fully saturated rings. The number of ether oxygens (including phenoxy) is 1. The second-order valence-electron chi connectivity index (χ2n) is 4.63. The second kappa shape index (κ2) is 6.14. The fourth-order valence-corrected chi connectivity index (χ4v) is 3.39. The summed E-state index contributed by atoms with van der Waals surface area (Å²) in [5.41, 5.74) is 6.51. The van der Waals surface area contributed by atoms with Crippen LogP contribution in [-0.4, -0.2) is 32.7 Å². The minimum absolute atomic E-state index is 0.104. The fourth-order valence-electron chi connectivity index (χ4n) is 2.23. The number of carbonyl (C=O) groups is 1. The molecule has 0 atom stereocenters. The first-order valence-electron chi connectivity index (χ1n) is 6.68. The quantitative estimate of drug-likeness (QED) is 0.868. The van der Waals surface area contributed by atoms with Crippen molar-refractivity contribution in [1.82, 2.24) is 5.32 Å². The zero-order chi connectivity index (χ0) is 13.8. The largest absolute Gasteiger partial charge is 0.492 e. The van der Waals surface area contributed by atoms with E-state index in [0.29, 0.717) is 22.9 Å². The number of carbonyl (C=O) groups excluding carboxylic acids is 1. The third-order valence-corrected chi connectivity index (χ3v) is 4.47. The van der Waals surface area contributed by atoms with Gasteiger partial charge in [-0.2, -0.15) is 0 Å². The Morgan fingerprint density at radius 1 is 1.47 bits per heavy atom. The number of nitrogen functional groups attached to an aromatic ring is 1. The zero-order valence-electron chi connectivity index (χ0n) is 11.5. The van der Waals surface area contributed by atoms with Crippen LogP contribution >= 0.6 is 11.3 Å². The normalized spacial score (nSPS) is 14.7. The Bertz CT molecular complexity index is 453. The zero-order valence-corrected chi connectivity index (χ0v) is 12.3. The number of rotatable bonds is 5. The molecule has 0 spiro atoms. The molecule has 0 aliphatic carbocycles. The van der Waals surface area contributed by atoms with Gasteiger partial charge in [0.15, 0.2) is 5.75 Å². The minimum atomic E-state index is -0.104. The van der Waals surface area contributed by atoms with Crippen molar-refractivity contribution in [2.24, 2.45) is 0 Å². The van der Waals surface area contributed by atoms with Crippen LogP contribution in [0.15, 0.2) is 0 Å². The average Bonchev–Trinajstić information content (AvgIpc) is 3.03. The molecule has 0 unspecified atom stereocenters. The fraction of sp³-hybridized carbons (Fsp3) is 0.615. The van der Waals surface area contributed by atoms with E-state index in [1.54, 1.807) is 7.11 Å². The molecule has 0 bridgehead atoms. The molecular formula is C13H21N3O2S. The number of nitrogens with zero attached hydrogens (tertiary/aromatic N) is 1. The van der Waals surface area contributed by atoms with E-state index in [-0.39, 0.29) is 5.91 Å². The molecule has 1 aromatic heterocycles. The van der Waals surface area contributed by atoms with E-state index in [2.05, 4.69) is 10.2 Å². The van der Waals surface area contributed by atoms with Gasteiger partial charge in [-0.05, 0) is 19.3 Å². The van der Waals surface area contributed by atoms with Crippen molar-refractivity contribution >= 4 is 27.9 Å². The van der Waals surface area contributed by atoms with Crippen LogP contribution in [0.2, 0.25) is 0 Å². The molecule has 2 heterocycles. The Morgan fingerprint density at radius 3 is 2.74 bits per heavy atom. The van der Waals surface area contributed by atoms with Crippen LogP contribution in [0.3, 0.4) is 0 Å². The summed E-state index contributed by atoms with van der Waals surface area (Å²) in [6.07, 6.45) is 3.27. The molecule has 1 saturated heterocycles. The average molecular weight is 283 g/mol. The van der Waals surface area contributed by atoms with E-state index in [4.69, 9.17) is 10.5 Å². The second-order valence-corrected chi connectivity index (χ2v) is 5.63. The van der Waals surface area contributed by atoms with E-state index in [1.807, 2.05) is 6.92 Å². The van der Waals surface area contributed by atoms with Gasteiger partial charge in [0, 0.05) is 19.6 Å². The molecule has 1 aromatic rings. The molecule has 106 valence electrons. The van der Waals surface area contributed by atoms with Crippen molar-refractivity contribution in [2.75, 3.05) is 37.4 Å². The lowest BCUT2D eigenvalue weighted by atomic mass is 10.3. The standard InChI is InChI=1S/C13H21N3O2S/c1-3-6-15-12(17)11-9(14)10(18-2)13(19-11)16-7-4-5-8-16/h3-8,14H2,1-2H3,(H,15,17). The molecule has 1 aliphatic heterocycles. The van der Waals surface area contributed by atoms with Crippen LogP contribution in [0.25, 0.3) is 0 Å². The van der Waals surface area contributed by atoms with Crippen LogP contribution in [0.4, 0.5) is 10.7 Å². The molecule has 0 aromatic carbocycles. The van der Waals surface area contributed by atoms with Crippen LogP contribution in [0.5, 0.6) is 5.75 Å². The lowest BCUT2D eigenvalue weighted by molar-refractivity contribution is 0.0958. The topological polar surface area (TPSA) is 67.6 Å². The van der Waals surface area contributed by atoms with Gasteiger partial charge >= 0.3 is 0 Å². The first-order chi connectivity index (χ1) is 9.19. The summed E-state index contributed by atoms with van der Waals surface area (Å²) in [6, 6.07) is 0. The van der Waals surface area contributed by atoms with Gasteiger partial charge in [-0.25, -0.2) is 0 Å². The highest BCUT2D eigenvalue weighted by Gasteiger charge is 2.26. The number of amides is 1. The van der Waals surface area contributed by atoms with E-state index in [9.17, 15) is 4.79 Å². The minimum Gasteiger partial charge on any atom is -0.492 e. The summed E-state index contributed by atoms with van der Waals surface area (Å²) in [7, 11) is 1.60. The van der Waals surface area contributed by atoms with Crippen molar-refractivity contribution in [3.05, 3.63) is 4.88 Å². The molecular weight excluding hydrogens is 262 g/mol. The van der Waals surface area contributed by atoms with Crippen molar-refractivity contribution in [3.63, 3.8) is 0 Å². The Kier molecular flexibility index (Phi) is 4.52. The molecule has 0 radical (unpaired) electrons. The van der Waals surface area contributed by atoms with Gasteiger partial charge in [0.2, 0.25) is 0 Å². The molecule has 0 saturated carbocycles. The summed E-state index contributed by atoms with van der Waals surface area (Å²) in [6.45, 7) is 4.70. The van der Waals surface area contributed by atoms with Crippen LogP contribution in [-0.2, 0) is 0 Å². The highest BCUT2D eigenvalue weighted by molar-refractivity contribution is 7.19. The number of nitrogens with two attached hydrogens (primary N) is 1. The Morgan fingerprint density at radius 2 is 2.16 bits per heavy atom. The molecule has 1 aliphatic rings. The van der Waals surface area contributed by atoms with Crippen molar-refractivity contribution in [3.8, 4) is 5.75 Å². The SMILES string of the molecule is CCCNC(=O)c1sc(N2CCCC2)c(OC)c1N. The van der Waals surface area contributed by atoms with Crippen LogP contribution < -0.4 is 20.7 Å². The van der Waals surface area contributed by atoms with Gasteiger partial charge in [0.25, 0.3) is 5.91 Å². The summed E-state index contributed by atoms with van der Waals surface area (Å²) in [5.74, 6) is 0.543. The summed E-state index contributed by atoms with van der Waals surface area (Å²) < 4.78 is 5.39.